The summed E-state index contributed by atoms with van der Waals surface area (Å²) < 4.78 is 6.31. The van der Waals surface area contributed by atoms with Crippen molar-refractivity contribution in [3.8, 4) is 11.5 Å². The van der Waals surface area contributed by atoms with Gasteiger partial charge in [-0.3, -0.25) is 14.4 Å². The van der Waals surface area contributed by atoms with E-state index in [9.17, 15) is 14.4 Å². The minimum Gasteiger partial charge on any atom is -0.463 e. The first-order chi connectivity index (χ1) is 12.5. The molecule has 0 saturated carbocycles. The number of anilines is 2. The second-order valence-electron chi connectivity index (χ2n) is 5.50. The van der Waals surface area contributed by atoms with Gasteiger partial charge in [-0.25, -0.2) is 4.68 Å². The zero-order chi connectivity index (χ0) is 18.5. The number of nitrogens with one attached hydrogen (secondary N) is 2. The summed E-state index contributed by atoms with van der Waals surface area (Å²) in [6.07, 6.45) is 1.50. The fourth-order valence-electron chi connectivity index (χ4n) is 2.33. The normalized spacial score (nSPS) is 10.3. The number of hydrogen-bond acceptors (Lipinski definition) is 5. The highest BCUT2D eigenvalue weighted by Crippen LogP contribution is 2.16. The van der Waals surface area contributed by atoms with Gasteiger partial charge in [0.1, 0.15) is 12.2 Å². The largest absolute Gasteiger partial charge is 0.463 e. The van der Waals surface area contributed by atoms with E-state index in [0.717, 1.165) is 4.68 Å². The monoisotopic (exact) mass is 352 g/mol. The van der Waals surface area contributed by atoms with Crippen molar-refractivity contribution >= 4 is 23.2 Å². The van der Waals surface area contributed by atoms with Crippen LogP contribution in [0, 0.1) is 0 Å². The summed E-state index contributed by atoms with van der Waals surface area (Å²) >= 11 is 0. The number of hydrogen-bond donors (Lipinski definition) is 2. The van der Waals surface area contributed by atoms with Gasteiger partial charge < -0.3 is 15.1 Å². The van der Waals surface area contributed by atoms with Crippen molar-refractivity contribution in [3.63, 3.8) is 0 Å². The number of aromatic nitrogens is 2. The summed E-state index contributed by atoms with van der Waals surface area (Å²) in [5.74, 6) is -0.127. The number of nitrogens with zero attached hydrogens (tertiary/aromatic N) is 2. The molecule has 0 bridgehead atoms. The van der Waals surface area contributed by atoms with Crippen LogP contribution in [0.25, 0.3) is 11.5 Å². The van der Waals surface area contributed by atoms with Crippen molar-refractivity contribution in [2.24, 2.45) is 0 Å². The molecule has 3 rings (SSSR count). The van der Waals surface area contributed by atoms with Gasteiger partial charge in [0.2, 0.25) is 11.8 Å². The summed E-state index contributed by atoms with van der Waals surface area (Å²) in [4.78, 5) is 35.3. The maximum Gasteiger partial charge on any atom is 0.267 e. The highest BCUT2D eigenvalue weighted by atomic mass is 16.3. The highest BCUT2D eigenvalue weighted by molar-refractivity contribution is 5.93. The van der Waals surface area contributed by atoms with Gasteiger partial charge in [0, 0.05) is 24.4 Å². The molecule has 2 aromatic heterocycles. The predicted octanol–water partition coefficient (Wildman–Crippen LogP) is 2.10. The summed E-state index contributed by atoms with van der Waals surface area (Å²) in [6, 6.07) is 13.0. The molecule has 2 amide bonds. The van der Waals surface area contributed by atoms with Crippen LogP contribution in [0.3, 0.4) is 0 Å². The molecular formula is C18H16N4O4. The zero-order valence-electron chi connectivity index (χ0n) is 13.9. The maximum absolute atomic E-state index is 12.2. The Bertz CT molecular complexity index is 992. The summed E-state index contributed by atoms with van der Waals surface area (Å²) in [7, 11) is 0. The third kappa shape index (κ3) is 4.23. The molecule has 0 aliphatic carbocycles. The maximum atomic E-state index is 12.2. The van der Waals surface area contributed by atoms with E-state index in [0.29, 0.717) is 22.8 Å². The molecular weight excluding hydrogens is 336 g/mol. The lowest BCUT2D eigenvalue weighted by Gasteiger charge is -2.09. The standard InChI is InChI=1S/C18H16N4O4/c1-12(23)19-13-4-2-5-14(10-13)20-17(24)11-22-18(25)8-7-15(21-22)16-6-3-9-26-16/h2-10H,11H2,1H3,(H,19,23)(H,20,24). The topological polar surface area (TPSA) is 106 Å². The van der Waals surface area contributed by atoms with Crippen LogP contribution in [0.4, 0.5) is 11.4 Å². The molecule has 2 heterocycles. The lowest BCUT2D eigenvalue weighted by atomic mass is 10.2. The van der Waals surface area contributed by atoms with E-state index in [2.05, 4.69) is 15.7 Å². The molecule has 0 spiro atoms. The van der Waals surface area contributed by atoms with E-state index in [1.807, 2.05) is 0 Å². The summed E-state index contributed by atoms with van der Waals surface area (Å²) in [5, 5.41) is 9.45. The van der Waals surface area contributed by atoms with Gasteiger partial charge in [-0.2, -0.15) is 5.10 Å². The Hall–Kier alpha value is -3.68. The zero-order valence-corrected chi connectivity index (χ0v) is 13.9. The van der Waals surface area contributed by atoms with Gasteiger partial charge in [0.15, 0.2) is 5.76 Å². The van der Waals surface area contributed by atoms with E-state index in [1.165, 1.54) is 25.3 Å². The van der Waals surface area contributed by atoms with Gasteiger partial charge in [0.25, 0.3) is 5.56 Å². The third-order valence-electron chi connectivity index (χ3n) is 3.40. The average Bonchev–Trinajstić information content (AvgIpc) is 3.11. The molecule has 1 aromatic carbocycles. The lowest BCUT2D eigenvalue weighted by Crippen LogP contribution is -2.29. The van der Waals surface area contributed by atoms with Crippen molar-refractivity contribution in [1.82, 2.24) is 9.78 Å². The van der Waals surface area contributed by atoms with Gasteiger partial charge >= 0.3 is 0 Å². The number of carbonyl (C=O) groups excluding carboxylic acids is 2. The van der Waals surface area contributed by atoms with Crippen LogP contribution in [0.1, 0.15) is 6.92 Å². The molecule has 0 radical (unpaired) electrons. The van der Waals surface area contributed by atoms with Crippen LogP contribution < -0.4 is 16.2 Å². The van der Waals surface area contributed by atoms with E-state index in [4.69, 9.17) is 4.42 Å². The lowest BCUT2D eigenvalue weighted by molar-refractivity contribution is -0.117. The predicted molar refractivity (Wildman–Crippen MR) is 95.6 cm³/mol. The van der Waals surface area contributed by atoms with Crippen LogP contribution in [-0.2, 0) is 16.1 Å². The Morgan fingerprint density at radius 3 is 2.54 bits per heavy atom. The molecule has 0 unspecified atom stereocenters. The number of benzene rings is 1. The van der Waals surface area contributed by atoms with Crippen molar-refractivity contribution in [3.05, 3.63) is 65.1 Å². The molecule has 8 nitrogen and oxygen atoms in total. The van der Waals surface area contributed by atoms with Gasteiger partial charge in [0.05, 0.1) is 6.26 Å². The minimum absolute atomic E-state index is 0.209. The SMILES string of the molecule is CC(=O)Nc1cccc(NC(=O)Cn2nc(-c3ccco3)ccc2=O)c1. The first kappa shape index (κ1) is 17.2. The Balaban J connectivity index is 1.73. The van der Waals surface area contributed by atoms with Gasteiger partial charge in [-0.05, 0) is 36.4 Å². The van der Waals surface area contributed by atoms with E-state index in [-0.39, 0.29) is 12.5 Å². The smallest absolute Gasteiger partial charge is 0.267 e. The number of carbonyl (C=O) groups is 2. The third-order valence-corrected chi connectivity index (χ3v) is 3.40. The minimum atomic E-state index is -0.420. The van der Waals surface area contributed by atoms with Crippen LogP contribution >= 0.6 is 0 Å². The molecule has 132 valence electrons. The van der Waals surface area contributed by atoms with Crippen molar-refractivity contribution < 1.29 is 14.0 Å². The Morgan fingerprint density at radius 1 is 1.08 bits per heavy atom. The molecule has 2 N–H and O–H groups in total. The summed E-state index contributed by atoms with van der Waals surface area (Å²) in [6.45, 7) is 1.15. The molecule has 8 heteroatoms. The number of amides is 2. The molecule has 0 aliphatic rings. The number of furan rings is 1. The first-order valence-corrected chi connectivity index (χ1v) is 7.81. The van der Waals surface area contributed by atoms with Crippen LogP contribution in [0.15, 0.2) is 64.0 Å². The fourth-order valence-corrected chi connectivity index (χ4v) is 2.33. The molecule has 3 aromatic rings. The molecule has 26 heavy (non-hydrogen) atoms. The first-order valence-electron chi connectivity index (χ1n) is 7.81. The number of rotatable bonds is 5. The van der Waals surface area contributed by atoms with Crippen molar-refractivity contribution in [2.75, 3.05) is 10.6 Å². The average molecular weight is 352 g/mol. The van der Waals surface area contributed by atoms with E-state index >= 15 is 0 Å². The highest BCUT2D eigenvalue weighted by Gasteiger charge is 2.10. The Kier molecular flexibility index (Phi) is 4.93. The van der Waals surface area contributed by atoms with Crippen LogP contribution in [0.2, 0.25) is 0 Å². The second-order valence-corrected chi connectivity index (χ2v) is 5.50. The fraction of sp³-hybridized carbons (Fsp3) is 0.111. The van der Waals surface area contributed by atoms with Crippen molar-refractivity contribution in [2.45, 2.75) is 13.5 Å². The van der Waals surface area contributed by atoms with Crippen molar-refractivity contribution in [1.29, 1.82) is 0 Å². The molecule has 0 atom stereocenters. The second kappa shape index (κ2) is 7.47. The van der Waals surface area contributed by atoms with E-state index < -0.39 is 11.5 Å². The molecule has 0 saturated heterocycles. The van der Waals surface area contributed by atoms with Gasteiger partial charge in [-0.1, -0.05) is 6.07 Å². The molecule has 0 fully saturated rings. The Morgan fingerprint density at radius 2 is 1.85 bits per heavy atom. The summed E-state index contributed by atoms with van der Waals surface area (Å²) in [5.41, 5.74) is 1.11. The van der Waals surface area contributed by atoms with E-state index in [1.54, 1.807) is 36.4 Å². The molecule has 0 aliphatic heterocycles. The Labute approximate surface area is 148 Å². The quantitative estimate of drug-likeness (QED) is 0.731. The van der Waals surface area contributed by atoms with Gasteiger partial charge in [-0.15, -0.1) is 0 Å². The van der Waals surface area contributed by atoms with Crippen LogP contribution in [-0.4, -0.2) is 21.6 Å². The van der Waals surface area contributed by atoms with Crippen LogP contribution in [0.5, 0.6) is 0 Å².